The van der Waals surface area contributed by atoms with Gasteiger partial charge in [0.25, 0.3) is 0 Å². The monoisotopic (exact) mass is 390 g/mol. The van der Waals surface area contributed by atoms with E-state index in [1.165, 1.54) is 5.56 Å². The fourth-order valence-corrected chi connectivity index (χ4v) is 5.24. The number of aliphatic carboxylic acids is 1. The third-order valence-corrected chi connectivity index (χ3v) is 6.67. The highest BCUT2D eigenvalue weighted by atomic mass is 16.5. The number of fused-ring (bicyclic) bond motifs is 2. The zero-order valence-corrected chi connectivity index (χ0v) is 16.8. The SMILES string of the molecule is CCCCC[C@H](O)CC[C@@H]1C2Cc3cccc(OCC(=O)O)c3CC2C[C@H]1O. The zero-order chi connectivity index (χ0) is 20.1. The molecule has 2 unspecified atom stereocenters. The summed E-state index contributed by atoms with van der Waals surface area (Å²) in [5, 5.41) is 29.8. The number of carboxylic acid groups (broad SMARTS) is 1. The van der Waals surface area contributed by atoms with Crippen molar-refractivity contribution in [2.75, 3.05) is 6.61 Å². The molecule has 5 nitrogen and oxygen atoms in total. The van der Waals surface area contributed by atoms with E-state index in [0.29, 0.717) is 17.6 Å². The van der Waals surface area contributed by atoms with Gasteiger partial charge in [0.2, 0.25) is 0 Å². The van der Waals surface area contributed by atoms with E-state index in [4.69, 9.17) is 9.84 Å². The first kappa shape index (κ1) is 21.1. The molecule has 0 spiro atoms. The van der Waals surface area contributed by atoms with Gasteiger partial charge in [0, 0.05) is 0 Å². The van der Waals surface area contributed by atoms with Crippen LogP contribution in [0.3, 0.4) is 0 Å². The average molecular weight is 391 g/mol. The minimum Gasteiger partial charge on any atom is -0.482 e. The van der Waals surface area contributed by atoms with Gasteiger partial charge < -0.3 is 20.1 Å². The molecule has 0 heterocycles. The molecule has 0 aromatic heterocycles. The second-order valence-electron chi connectivity index (χ2n) is 8.60. The van der Waals surface area contributed by atoms with Gasteiger partial charge in [0.05, 0.1) is 12.2 Å². The van der Waals surface area contributed by atoms with E-state index in [9.17, 15) is 15.0 Å². The summed E-state index contributed by atoms with van der Waals surface area (Å²) in [6.07, 6.45) is 7.85. The van der Waals surface area contributed by atoms with Crippen LogP contribution in [0, 0.1) is 17.8 Å². The van der Waals surface area contributed by atoms with Crippen molar-refractivity contribution in [2.24, 2.45) is 17.8 Å². The molecule has 1 fully saturated rings. The molecule has 2 aliphatic rings. The van der Waals surface area contributed by atoms with Crippen LogP contribution in [-0.2, 0) is 17.6 Å². The number of benzene rings is 1. The van der Waals surface area contributed by atoms with Gasteiger partial charge in [-0.15, -0.1) is 0 Å². The van der Waals surface area contributed by atoms with Crippen molar-refractivity contribution in [3.8, 4) is 5.75 Å². The second kappa shape index (κ2) is 9.75. The molecule has 28 heavy (non-hydrogen) atoms. The maximum Gasteiger partial charge on any atom is 0.341 e. The van der Waals surface area contributed by atoms with Gasteiger partial charge >= 0.3 is 5.97 Å². The van der Waals surface area contributed by atoms with Crippen LogP contribution in [0.5, 0.6) is 5.75 Å². The molecule has 5 heteroatoms. The number of carbonyl (C=O) groups is 1. The summed E-state index contributed by atoms with van der Waals surface area (Å²) in [5.74, 6) is 0.768. The minimum absolute atomic E-state index is 0.238. The Kier molecular flexibility index (Phi) is 7.36. The van der Waals surface area contributed by atoms with Gasteiger partial charge in [-0.1, -0.05) is 38.3 Å². The van der Waals surface area contributed by atoms with Crippen molar-refractivity contribution >= 4 is 5.97 Å². The highest BCUT2D eigenvalue weighted by Crippen LogP contribution is 2.48. The van der Waals surface area contributed by atoms with Crippen LogP contribution in [0.25, 0.3) is 0 Å². The van der Waals surface area contributed by atoms with E-state index in [1.807, 2.05) is 12.1 Å². The lowest BCUT2D eigenvalue weighted by Crippen LogP contribution is -2.28. The lowest BCUT2D eigenvalue weighted by Gasteiger charge is -2.32. The molecule has 156 valence electrons. The normalized spacial score (nSPS) is 27.1. The third-order valence-electron chi connectivity index (χ3n) is 6.67. The smallest absolute Gasteiger partial charge is 0.341 e. The Morgan fingerprint density at radius 2 is 2.07 bits per heavy atom. The predicted octanol–water partition coefficient (Wildman–Crippen LogP) is 3.58. The first-order valence-corrected chi connectivity index (χ1v) is 10.8. The van der Waals surface area contributed by atoms with E-state index in [1.54, 1.807) is 0 Å². The molecule has 1 aromatic carbocycles. The van der Waals surface area contributed by atoms with Gasteiger partial charge in [-0.05, 0) is 73.5 Å². The summed E-state index contributed by atoms with van der Waals surface area (Å²) < 4.78 is 5.50. The summed E-state index contributed by atoms with van der Waals surface area (Å²) in [5.41, 5.74) is 2.32. The van der Waals surface area contributed by atoms with E-state index in [0.717, 1.165) is 63.4 Å². The predicted molar refractivity (Wildman–Crippen MR) is 107 cm³/mol. The molecule has 0 saturated heterocycles. The van der Waals surface area contributed by atoms with Crippen molar-refractivity contribution in [1.82, 2.24) is 0 Å². The Bertz CT molecular complexity index is 658. The van der Waals surface area contributed by atoms with E-state index < -0.39 is 5.97 Å². The number of rotatable bonds is 10. The standard InChI is InChI=1S/C23H34O5/c1-2-3-4-7-17(24)9-10-18-19-11-15-6-5-8-22(28-14-23(26)27)20(15)12-16(19)13-21(18)25/h5-6,8,16-19,21,24-25H,2-4,7,9-14H2,1H3,(H,26,27)/t16?,17-,18+,19?,21+/m0/s1. The molecule has 0 bridgehead atoms. The molecule has 1 saturated carbocycles. The molecule has 5 atom stereocenters. The quantitative estimate of drug-likeness (QED) is 0.532. The van der Waals surface area contributed by atoms with E-state index in [2.05, 4.69) is 13.0 Å². The van der Waals surface area contributed by atoms with Crippen LogP contribution in [0.15, 0.2) is 18.2 Å². The van der Waals surface area contributed by atoms with Crippen molar-refractivity contribution in [3.63, 3.8) is 0 Å². The number of hydrogen-bond acceptors (Lipinski definition) is 4. The molecule has 2 aliphatic carbocycles. The largest absolute Gasteiger partial charge is 0.482 e. The van der Waals surface area contributed by atoms with Crippen LogP contribution in [0.2, 0.25) is 0 Å². The first-order chi connectivity index (χ1) is 13.5. The first-order valence-electron chi connectivity index (χ1n) is 10.8. The van der Waals surface area contributed by atoms with Gasteiger partial charge in [-0.3, -0.25) is 0 Å². The Morgan fingerprint density at radius 3 is 2.82 bits per heavy atom. The molecule has 0 amide bonds. The van der Waals surface area contributed by atoms with E-state index >= 15 is 0 Å². The molecule has 0 aliphatic heterocycles. The summed E-state index contributed by atoms with van der Waals surface area (Å²) >= 11 is 0. The maximum atomic E-state index is 10.8. The molecular formula is C23H34O5. The van der Waals surface area contributed by atoms with Crippen LogP contribution in [0.4, 0.5) is 0 Å². The zero-order valence-electron chi connectivity index (χ0n) is 16.8. The Morgan fingerprint density at radius 1 is 1.25 bits per heavy atom. The number of aliphatic hydroxyl groups excluding tert-OH is 2. The number of unbranched alkanes of at least 4 members (excludes halogenated alkanes) is 2. The van der Waals surface area contributed by atoms with Gasteiger partial charge in [0.1, 0.15) is 5.75 Å². The van der Waals surface area contributed by atoms with Gasteiger partial charge in [-0.25, -0.2) is 4.79 Å². The fourth-order valence-electron chi connectivity index (χ4n) is 5.24. The summed E-state index contributed by atoms with van der Waals surface area (Å²) in [7, 11) is 0. The number of aliphatic hydroxyl groups is 2. The molecule has 3 N–H and O–H groups in total. The van der Waals surface area contributed by atoms with Crippen LogP contribution >= 0.6 is 0 Å². The van der Waals surface area contributed by atoms with Crippen LogP contribution < -0.4 is 4.74 Å². The lowest BCUT2D eigenvalue weighted by molar-refractivity contribution is -0.139. The highest BCUT2D eigenvalue weighted by molar-refractivity contribution is 5.68. The van der Waals surface area contributed by atoms with Gasteiger partial charge in [0.15, 0.2) is 6.61 Å². The van der Waals surface area contributed by atoms with Crippen LogP contribution in [-0.4, -0.2) is 40.1 Å². The fraction of sp³-hybridized carbons (Fsp3) is 0.696. The van der Waals surface area contributed by atoms with Crippen molar-refractivity contribution < 1.29 is 24.9 Å². The van der Waals surface area contributed by atoms with Crippen molar-refractivity contribution in [1.29, 1.82) is 0 Å². The van der Waals surface area contributed by atoms with E-state index in [-0.39, 0.29) is 24.7 Å². The molecular weight excluding hydrogens is 356 g/mol. The Hall–Kier alpha value is -1.59. The summed E-state index contributed by atoms with van der Waals surface area (Å²) in [6, 6.07) is 5.87. The number of ether oxygens (including phenoxy) is 1. The number of hydrogen-bond donors (Lipinski definition) is 3. The minimum atomic E-state index is -0.972. The van der Waals surface area contributed by atoms with Crippen molar-refractivity contribution in [3.05, 3.63) is 29.3 Å². The molecule has 1 aromatic rings. The maximum absolute atomic E-state index is 10.8. The molecule has 3 rings (SSSR count). The highest BCUT2D eigenvalue weighted by Gasteiger charge is 2.44. The van der Waals surface area contributed by atoms with Crippen molar-refractivity contribution in [2.45, 2.75) is 76.9 Å². The topological polar surface area (TPSA) is 87.0 Å². The summed E-state index contributed by atoms with van der Waals surface area (Å²) in [4.78, 5) is 10.8. The molecule has 0 radical (unpaired) electrons. The number of carboxylic acids is 1. The average Bonchev–Trinajstić information content (AvgIpc) is 2.97. The second-order valence-corrected chi connectivity index (χ2v) is 8.60. The lowest BCUT2D eigenvalue weighted by atomic mass is 9.73. The van der Waals surface area contributed by atoms with Gasteiger partial charge in [-0.2, -0.15) is 0 Å². The Balaban J connectivity index is 1.62. The van der Waals surface area contributed by atoms with Crippen LogP contribution in [0.1, 0.15) is 63.0 Å². The Labute approximate surface area is 167 Å². The third kappa shape index (κ3) is 5.06. The summed E-state index contributed by atoms with van der Waals surface area (Å²) in [6.45, 7) is 1.84.